The Balaban J connectivity index is 2.26. The van der Waals surface area contributed by atoms with E-state index in [0.717, 1.165) is 22.7 Å². The van der Waals surface area contributed by atoms with E-state index in [1.165, 1.54) is 11.8 Å². The Labute approximate surface area is 115 Å². The summed E-state index contributed by atoms with van der Waals surface area (Å²) >= 11 is 1.40. The van der Waals surface area contributed by atoms with Crippen LogP contribution < -0.4 is 11.0 Å². The van der Waals surface area contributed by atoms with Gasteiger partial charge < -0.3 is 5.32 Å². The molecule has 0 aliphatic carbocycles. The monoisotopic (exact) mass is 279 g/mol. The van der Waals surface area contributed by atoms with Crippen molar-refractivity contribution in [3.05, 3.63) is 33.9 Å². The number of H-pyrrole nitrogens is 1. The Bertz CT molecular complexity index is 619. The number of nitrogens with zero attached hydrogens (tertiary/aromatic N) is 3. The molecule has 2 heterocycles. The van der Waals surface area contributed by atoms with Crippen LogP contribution in [0.3, 0.4) is 0 Å². The lowest BCUT2D eigenvalue weighted by molar-refractivity contribution is 0.660. The first kappa shape index (κ1) is 13.8. The molecule has 0 amide bonds. The fraction of sp³-hybridized carbons (Fsp3) is 0.417. The predicted molar refractivity (Wildman–Crippen MR) is 74.4 cm³/mol. The minimum Gasteiger partial charge on any atom is -0.316 e. The molecule has 0 aliphatic rings. The summed E-state index contributed by atoms with van der Waals surface area (Å²) < 4.78 is 1.59. The highest BCUT2D eigenvalue weighted by atomic mass is 32.2. The first-order valence-electron chi connectivity index (χ1n) is 6.09. The third-order valence-electron chi connectivity index (χ3n) is 2.70. The van der Waals surface area contributed by atoms with E-state index >= 15 is 0 Å². The van der Waals surface area contributed by atoms with Gasteiger partial charge in [-0.3, -0.25) is 4.57 Å². The summed E-state index contributed by atoms with van der Waals surface area (Å²) in [4.78, 5) is 15.9. The molecule has 0 saturated heterocycles. The molecule has 0 aliphatic heterocycles. The summed E-state index contributed by atoms with van der Waals surface area (Å²) in [6.45, 7) is 5.31. The fourth-order valence-corrected chi connectivity index (χ4v) is 2.69. The number of hydrogen-bond donors (Lipinski definition) is 2. The summed E-state index contributed by atoms with van der Waals surface area (Å²) in [6, 6.07) is 2.09. The number of rotatable bonds is 5. The highest BCUT2D eigenvalue weighted by Crippen LogP contribution is 2.26. The van der Waals surface area contributed by atoms with Crippen molar-refractivity contribution in [2.45, 2.75) is 37.1 Å². The maximum absolute atomic E-state index is 11.5. The van der Waals surface area contributed by atoms with E-state index in [4.69, 9.17) is 0 Å². The molecule has 0 unspecified atom stereocenters. The van der Waals surface area contributed by atoms with Crippen LogP contribution in [-0.4, -0.2) is 26.8 Å². The van der Waals surface area contributed by atoms with Crippen LogP contribution in [0.1, 0.15) is 18.1 Å². The summed E-state index contributed by atoms with van der Waals surface area (Å²) in [5.41, 5.74) is 2.03. The second kappa shape index (κ2) is 6.03. The van der Waals surface area contributed by atoms with Crippen LogP contribution in [-0.2, 0) is 13.1 Å². The lowest BCUT2D eigenvalue weighted by Gasteiger charge is -2.07. The van der Waals surface area contributed by atoms with E-state index in [-0.39, 0.29) is 5.69 Å². The minimum atomic E-state index is -0.186. The molecule has 102 valence electrons. The standard InChI is InChI=1S/C12H17N5OS/c1-4-17-11(18)15-16-12(17)19-10-8(2)5-9(6-13-3)7-14-10/h5,7,13H,4,6H2,1-3H3,(H,15,18). The first-order valence-corrected chi connectivity index (χ1v) is 6.90. The molecule has 0 saturated carbocycles. The van der Waals surface area contributed by atoms with Gasteiger partial charge in [0.15, 0.2) is 5.16 Å². The van der Waals surface area contributed by atoms with E-state index in [2.05, 4.69) is 26.6 Å². The topological polar surface area (TPSA) is 75.6 Å². The zero-order valence-electron chi connectivity index (χ0n) is 11.2. The fourth-order valence-electron chi connectivity index (χ4n) is 1.77. The molecule has 0 spiro atoms. The van der Waals surface area contributed by atoms with Gasteiger partial charge in [0.05, 0.1) is 0 Å². The molecule has 0 aromatic carbocycles. The zero-order chi connectivity index (χ0) is 13.8. The Morgan fingerprint density at radius 2 is 2.32 bits per heavy atom. The third-order valence-corrected chi connectivity index (χ3v) is 3.81. The van der Waals surface area contributed by atoms with Crippen LogP contribution in [0.2, 0.25) is 0 Å². The molecule has 0 atom stereocenters. The van der Waals surface area contributed by atoms with Crippen LogP contribution in [0.5, 0.6) is 0 Å². The molecule has 0 radical (unpaired) electrons. The molecule has 2 rings (SSSR count). The second-order valence-electron chi connectivity index (χ2n) is 4.15. The number of aryl methyl sites for hydroxylation is 1. The van der Waals surface area contributed by atoms with Crippen molar-refractivity contribution in [2.24, 2.45) is 0 Å². The highest BCUT2D eigenvalue weighted by Gasteiger charge is 2.11. The van der Waals surface area contributed by atoms with Gasteiger partial charge in [-0.2, -0.15) is 0 Å². The predicted octanol–water partition coefficient (Wildman–Crippen LogP) is 1.17. The highest BCUT2D eigenvalue weighted by molar-refractivity contribution is 7.99. The van der Waals surface area contributed by atoms with Gasteiger partial charge in [-0.15, -0.1) is 5.10 Å². The van der Waals surface area contributed by atoms with Gasteiger partial charge in [0, 0.05) is 19.3 Å². The van der Waals surface area contributed by atoms with Crippen molar-refractivity contribution < 1.29 is 0 Å². The Morgan fingerprint density at radius 3 is 2.95 bits per heavy atom. The van der Waals surface area contributed by atoms with Crippen molar-refractivity contribution in [1.29, 1.82) is 0 Å². The zero-order valence-corrected chi connectivity index (χ0v) is 12.0. The minimum absolute atomic E-state index is 0.186. The molecule has 19 heavy (non-hydrogen) atoms. The van der Waals surface area contributed by atoms with E-state index in [1.54, 1.807) is 4.57 Å². The van der Waals surface area contributed by atoms with Gasteiger partial charge in [-0.1, -0.05) is 6.07 Å². The van der Waals surface area contributed by atoms with Crippen molar-refractivity contribution in [2.75, 3.05) is 7.05 Å². The van der Waals surface area contributed by atoms with Crippen LogP contribution in [0.4, 0.5) is 0 Å². The van der Waals surface area contributed by atoms with E-state index in [0.29, 0.717) is 11.7 Å². The van der Waals surface area contributed by atoms with Crippen molar-refractivity contribution in [3.8, 4) is 0 Å². The molecule has 0 bridgehead atoms. The summed E-state index contributed by atoms with van der Waals surface area (Å²) in [5.74, 6) is 0. The first-order chi connectivity index (χ1) is 9.15. The van der Waals surface area contributed by atoms with Gasteiger partial charge in [0.2, 0.25) is 0 Å². The van der Waals surface area contributed by atoms with Gasteiger partial charge in [-0.05, 0) is 43.8 Å². The van der Waals surface area contributed by atoms with Crippen molar-refractivity contribution in [3.63, 3.8) is 0 Å². The third kappa shape index (κ3) is 3.05. The molecular weight excluding hydrogens is 262 g/mol. The molecule has 6 nitrogen and oxygen atoms in total. The van der Waals surface area contributed by atoms with Gasteiger partial charge >= 0.3 is 5.69 Å². The molecule has 2 aromatic rings. The smallest absolute Gasteiger partial charge is 0.316 e. The summed E-state index contributed by atoms with van der Waals surface area (Å²) in [5, 5.41) is 11.1. The van der Waals surface area contributed by atoms with Crippen LogP contribution in [0.15, 0.2) is 27.2 Å². The SMILES string of the molecule is CCn1c(Sc2ncc(CNC)cc2C)n[nH]c1=O. The van der Waals surface area contributed by atoms with E-state index in [1.807, 2.05) is 27.1 Å². The maximum atomic E-state index is 11.5. The Morgan fingerprint density at radius 1 is 1.53 bits per heavy atom. The van der Waals surface area contributed by atoms with E-state index < -0.39 is 0 Å². The van der Waals surface area contributed by atoms with E-state index in [9.17, 15) is 4.79 Å². The number of nitrogens with one attached hydrogen (secondary N) is 2. The van der Waals surface area contributed by atoms with Gasteiger partial charge in [0.1, 0.15) is 5.03 Å². The Kier molecular flexibility index (Phi) is 4.39. The van der Waals surface area contributed by atoms with Gasteiger partial charge in [-0.25, -0.2) is 14.9 Å². The molecule has 2 aromatic heterocycles. The van der Waals surface area contributed by atoms with Crippen LogP contribution in [0.25, 0.3) is 0 Å². The van der Waals surface area contributed by atoms with Crippen molar-refractivity contribution in [1.82, 2.24) is 25.1 Å². The maximum Gasteiger partial charge on any atom is 0.343 e. The molecular formula is C12H17N5OS. The van der Waals surface area contributed by atoms with Crippen LogP contribution >= 0.6 is 11.8 Å². The summed E-state index contributed by atoms with van der Waals surface area (Å²) in [6.07, 6.45) is 1.84. The number of aromatic amines is 1. The normalized spacial score (nSPS) is 10.9. The Hall–Kier alpha value is -1.60. The van der Waals surface area contributed by atoms with Crippen molar-refractivity contribution >= 4 is 11.8 Å². The second-order valence-corrected chi connectivity index (χ2v) is 5.11. The largest absolute Gasteiger partial charge is 0.343 e. The molecule has 7 heteroatoms. The average molecular weight is 279 g/mol. The number of pyridine rings is 1. The van der Waals surface area contributed by atoms with Gasteiger partial charge in [0.25, 0.3) is 0 Å². The molecule has 2 N–H and O–H groups in total. The summed E-state index contributed by atoms with van der Waals surface area (Å²) in [7, 11) is 1.90. The quantitative estimate of drug-likeness (QED) is 0.859. The number of aromatic nitrogens is 4. The average Bonchev–Trinajstić information content (AvgIpc) is 2.73. The van der Waals surface area contributed by atoms with Crippen LogP contribution in [0, 0.1) is 6.92 Å². The molecule has 0 fully saturated rings. The number of hydrogen-bond acceptors (Lipinski definition) is 5. The lowest BCUT2D eigenvalue weighted by atomic mass is 10.2. The lowest BCUT2D eigenvalue weighted by Crippen LogP contribution is -2.16.